The van der Waals surface area contributed by atoms with Gasteiger partial charge < -0.3 is 9.32 Å². The number of nitrogens with zero attached hydrogens (tertiary/aromatic N) is 1. The summed E-state index contributed by atoms with van der Waals surface area (Å²) in [6, 6.07) is 64.6. The Bertz CT molecular complexity index is 3420. The second-order valence-corrected chi connectivity index (χ2v) is 14.0. The molecule has 2 heteroatoms. The first-order valence-corrected chi connectivity index (χ1v) is 17.9. The fraction of sp³-hybridized carbons (Fsp3) is 0. The number of hydrogen-bond acceptors (Lipinski definition) is 2. The minimum atomic E-state index is 0.878. The second kappa shape index (κ2) is 10.3. The van der Waals surface area contributed by atoms with Crippen molar-refractivity contribution in [2.24, 2.45) is 0 Å². The summed E-state index contributed by atoms with van der Waals surface area (Å²) in [6.45, 7) is 0. The van der Waals surface area contributed by atoms with Crippen molar-refractivity contribution in [3.63, 3.8) is 0 Å². The molecule has 0 radical (unpaired) electrons. The van der Waals surface area contributed by atoms with E-state index >= 15 is 0 Å². The number of furan rings is 1. The van der Waals surface area contributed by atoms with Gasteiger partial charge in [0.15, 0.2) is 0 Å². The summed E-state index contributed by atoms with van der Waals surface area (Å²) in [5, 5.41) is 19.9. The minimum Gasteiger partial charge on any atom is -0.456 e. The third-order valence-electron chi connectivity index (χ3n) is 11.3. The van der Waals surface area contributed by atoms with E-state index in [0.29, 0.717) is 0 Å². The van der Waals surface area contributed by atoms with Crippen molar-refractivity contribution in [2.45, 2.75) is 0 Å². The van der Waals surface area contributed by atoms with Gasteiger partial charge in [-0.2, -0.15) is 0 Å². The lowest BCUT2D eigenvalue weighted by Crippen LogP contribution is -2.10. The van der Waals surface area contributed by atoms with Crippen LogP contribution in [-0.4, -0.2) is 0 Å². The summed E-state index contributed by atoms with van der Waals surface area (Å²) < 4.78 is 6.48. The van der Waals surface area contributed by atoms with Crippen molar-refractivity contribution in [1.29, 1.82) is 0 Å². The molecule has 0 amide bonds. The summed E-state index contributed by atoms with van der Waals surface area (Å²) >= 11 is 0. The van der Waals surface area contributed by atoms with E-state index in [4.69, 9.17) is 4.42 Å². The lowest BCUT2D eigenvalue weighted by molar-refractivity contribution is 0.669. The second-order valence-electron chi connectivity index (χ2n) is 14.0. The van der Waals surface area contributed by atoms with Crippen molar-refractivity contribution in [1.82, 2.24) is 0 Å². The Morgan fingerprint density at radius 2 is 0.788 bits per heavy atom. The maximum absolute atomic E-state index is 6.48. The SMILES string of the molecule is c1ccc2cc(N(c3ccc4c(c3)oc3ccccc34)c3cc4cccc5c6cccc7ccc8cccc(c9cccc3c9c45)c8c76)ccc2c1. The molecule has 12 aromatic rings. The zero-order valence-electron chi connectivity index (χ0n) is 28.1. The molecule has 0 aliphatic heterocycles. The van der Waals surface area contributed by atoms with Crippen molar-refractivity contribution < 1.29 is 4.42 Å². The van der Waals surface area contributed by atoms with E-state index in [1.165, 1.54) is 75.4 Å². The van der Waals surface area contributed by atoms with E-state index in [1.54, 1.807) is 0 Å². The van der Waals surface area contributed by atoms with Crippen LogP contribution in [0.25, 0.3) is 97.3 Å². The van der Waals surface area contributed by atoms with E-state index in [0.717, 1.165) is 39.0 Å². The Labute approximate surface area is 298 Å². The largest absolute Gasteiger partial charge is 0.456 e. The standard InChI is InChI=1S/C50H29NO/c1-2-10-33-27-35(24-23-30(33)9-1)51(36-25-26-38-37-14-3-4-20-45(37)52-46(38)29-36)44-28-34-13-7-17-40-39-15-5-11-31-21-22-32-12-6-16-41(48(32)47(31)39)42-18-8-19-43(44)50(42)49(34)40/h1-29H. The highest BCUT2D eigenvalue weighted by Crippen LogP contribution is 2.48. The number of rotatable bonds is 3. The third-order valence-corrected chi connectivity index (χ3v) is 11.3. The van der Waals surface area contributed by atoms with Crippen LogP contribution in [0.3, 0.4) is 0 Å². The number of anilines is 3. The van der Waals surface area contributed by atoms with Crippen molar-refractivity contribution in [2.75, 3.05) is 4.90 Å². The zero-order valence-corrected chi connectivity index (χ0v) is 28.1. The summed E-state index contributed by atoms with van der Waals surface area (Å²) in [7, 11) is 0. The number of benzene rings is 10. The molecule has 12 rings (SSSR count). The third kappa shape index (κ3) is 3.78. The van der Waals surface area contributed by atoms with Gasteiger partial charge >= 0.3 is 0 Å². The monoisotopic (exact) mass is 659 g/mol. The molecule has 0 saturated carbocycles. The molecule has 2 nitrogen and oxygen atoms in total. The van der Waals surface area contributed by atoms with Gasteiger partial charge in [-0.3, -0.25) is 0 Å². The van der Waals surface area contributed by atoms with Gasteiger partial charge in [-0.15, -0.1) is 0 Å². The van der Waals surface area contributed by atoms with Crippen LogP contribution in [0, 0.1) is 0 Å². The first kappa shape index (κ1) is 27.9. The summed E-state index contributed by atoms with van der Waals surface area (Å²) in [6.07, 6.45) is 0. The molecule has 0 N–H and O–H groups in total. The Kier molecular flexibility index (Phi) is 5.53. The summed E-state index contributed by atoms with van der Waals surface area (Å²) in [4.78, 5) is 2.43. The van der Waals surface area contributed by atoms with Gasteiger partial charge in [0.1, 0.15) is 11.2 Å². The van der Waals surface area contributed by atoms with Gasteiger partial charge in [0.05, 0.1) is 5.69 Å². The lowest BCUT2D eigenvalue weighted by Gasteiger charge is -2.28. The molecule has 52 heavy (non-hydrogen) atoms. The van der Waals surface area contributed by atoms with Crippen LogP contribution >= 0.6 is 0 Å². The molecule has 0 aliphatic carbocycles. The predicted molar refractivity (Wildman–Crippen MR) is 222 cm³/mol. The molecule has 1 heterocycles. The zero-order chi connectivity index (χ0) is 33.9. The normalized spacial score (nSPS) is 12.2. The fourth-order valence-corrected chi connectivity index (χ4v) is 9.06. The van der Waals surface area contributed by atoms with E-state index < -0.39 is 0 Å². The lowest BCUT2D eigenvalue weighted by atomic mass is 9.87. The smallest absolute Gasteiger partial charge is 0.137 e. The molecular weight excluding hydrogens is 631 g/mol. The summed E-state index contributed by atoms with van der Waals surface area (Å²) in [5.74, 6) is 0. The molecule has 0 bridgehead atoms. The highest BCUT2D eigenvalue weighted by molar-refractivity contribution is 6.38. The topological polar surface area (TPSA) is 16.4 Å². The van der Waals surface area contributed by atoms with Gasteiger partial charge in [-0.25, -0.2) is 0 Å². The van der Waals surface area contributed by atoms with Gasteiger partial charge in [0, 0.05) is 39.0 Å². The molecule has 0 aliphatic rings. The van der Waals surface area contributed by atoms with Crippen LogP contribution in [0.5, 0.6) is 0 Å². The van der Waals surface area contributed by atoms with Gasteiger partial charge in [0.2, 0.25) is 0 Å². The van der Waals surface area contributed by atoms with Crippen molar-refractivity contribution >= 4 is 114 Å². The minimum absolute atomic E-state index is 0.878. The van der Waals surface area contributed by atoms with Crippen LogP contribution in [0.1, 0.15) is 0 Å². The molecule has 240 valence electrons. The van der Waals surface area contributed by atoms with Crippen LogP contribution < -0.4 is 4.90 Å². The van der Waals surface area contributed by atoms with E-state index in [2.05, 4.69) is 175 Å². The first-order valence-electron chi connectivity index (χ1n) is 17.9. The summed E-state index contributed by atoms with van der Waals surface area (Å²) in [5.41, 5.74) is 5.06. The van der Waals surface area contributed by atoms with Crippen LogP contribution in [-0.2, 0) is 0 Å². The maximum Gasteiger partial charge on any atom is 0.137 e. The molecule has 1 aromatic heterocycles. The quantitative estimate of drug-likeness (QED) is 0.176. The van der Waals surface area contributed by atoms with E-state index in [-0.39, 0.29) is 0 Å². The highest BCUT2D eigenvalue weighted by Gasteiger charge is 2.22. The van der Waals surface area contributed by atoms with Crippen molar-refractivity contribution in [3.05, 3.63) is 176 Å². The average Bonchev–Trinajstić information content (AvgIpc) is 3.57. The van der Waals surface area contributed by atoms with Crippen LogP contribution in [0.2, 0.25) is 0 Å². The Morgan fingerprint density at radius 3 is 1.56 bits per heavy atom. The molecule has 0 spiro atoms. The average molecular weight is 660 g/mol. The van der Waals surface area contributed by atoms with Gasteiger partial charge in [0.25, 0.3) is 0 Å². The van der Waals surface area contributed by atoms with Gasteiger partial charge in [-0.1, -0.05) is 133 Å². The molecule has 0 fully saturated rings. The Balaban J connectivity index is 1.26. The van der Waals surface area contributed by atoms with E-state index in [1.807, 2.05) is 6.07 Å². The Hall–Kier alpha value is -6.90. The van der Waals surface area contributed by atoms with Crippen molar-refractivity contribution in [3.8, 4) is 0 Å². The van der Waals surface area contributed by atoms with Gasteiger partial charge in [-0.05, 0) is 101 Å². The number of para-hydroxylation sites is 1. The van der Waals surface area contributed by atoms with Crippen LogP contribution in [0.15, 0.2) is 180 Å². The number of fused-ring (bicyclic) bond motifs is 6. The first-order chi connectivity index (χ1) is 25.8. The highest BCUT2D eigenvalue weighted by atomic mass is 16.3. The molecule has 0 unspecified atom stereocenters. The predicted octanol–water partition coefficient (Wildman–Crippen LogP) is 14.6. The van der Waals surface area contributed by atoms with Crippen LogP contribution in [0.4, 0.5) is 17.1 Å². The number of hydrogen-bond donors (Lipinski definition) is 0. The molecular formula is C50H29NO. The molecule has 11 aromatic carbocycles. The molecule has 0 saturated heterocycles. The fourth-order valence-electron chi connectivity index (χ4n) is 9.06. The molecule has 0 atom stereocenters. The Morgan fingerprint density at radius 1 is 0.288 bits per heavy atom. The maximum atomic E-state index is 6.48. The van der Waals surface area contributed by atoms with E-state index in [9.17, 15) is 0 Å².